The highest BCUT2D eigenvalue weighted by molar-refractivity contribution is 7.14. The molecule has 3 aromatic rings. The van der Waals surface area contributed by atoms with E-state index in [1.807, 2.05) is 5.38 Å². The number of anilines is 1. The molecular formula is C14H11ClN6OS. The molecule has 0 unspecified atom stereocenters. The Hall–Kier alpha value is -2.32. The van der Waals surface area contributed by atoms with Gasteiger partial charge in [0, 0.05) is 16.3 Å². The number of hydrogen-bond acceptors (Lipinski definition) is 6. The standard InChI is InChI=1S/C14H11ClN6OS/c15-9-3-4-12(21-7-16-19-20-21)10(5-9)13(22)18-14-17-11(6-23-14)8-1-2-8/h3-8H,1-2H2,(H,17,18,22). The van der Waals surface area contributed by atoms with E-state index >= 15 is 0 Å². The largest absolute Gasteiger partial charge is 0.298 e. The van der Waals surface area contributed by atoms with Crippen LogP contribution >= 0.6 is 22.9 Å². The van der Waals surface area contributed by atoms with Crippen LogP contribution in [0.3, 0.4) is 0 Å². The molecule has 1 aromatic carbocycles. The van der Waals surface area contributed by atoms with Gasteiger partial charge in [-0.25, -0.2) is 4.98 Å². The minimum Gasteiger partial charge on any atom is -0.298 e. The highest BCUT2D eigenvalue weighted by Crippen LogP contribution is 2.40. The molecule has 1 amide bonds. The van der Waals surface area contributed by atoms with Crippen LogP contribution in [-0.4, -0.2) is 31.1 Å². The Morgan fingerprint density at radius 3 is 3.00 bits per heavy atom. The molecule has 0 bridgehead atoms. The van der Waals surface area contributed by atoms with Crippen molar-refractivity contribution in [2.45, 2.75) is 18.8 Å². The van der Waals surface area contributed by atoms with Gasteiger partial charge < -0.3 is 0 Å². The van der Waals surface area contributed by atoms with Crippen molar-refractivity contribution in [3.05, 3.63) is 46.2 Å². The number of aromatic nitrogens is 5. The van der Waals surface area contributed by atoms with Crippen molar-refractivity contribution in [3.8, 4) is 5.69 Å². The lowest BCUT2D eigenvalue weighted by molar-refractivity contribution is 0.102. The highest BCUT2D eigenvalue weighted by Gasteiger charge is 2.26. The van der Waals surface area contributed by atoms with Crippen LogP contribution in [-0.2, 0) is 0 Å². The zero-order chi connectivity index (χ0) is 15.8. The summed E-state index contributed by atoms with van der Waals surface area (Å²) in [5, 5.41) is 16.9. The van der Waals surface area contributed by atoms with Gasteiger partial charge in [-0.1, -0.05) is 11.6 Å². The summed E-state index contributed by atoms with van der Waals surface area (Å²) in [6.07, 6.45) is 3.78. The Morgan fingerprint density at radius 1 is 1.39 bits per heavy atom. The van der Waals surface area contributed by atoms with Crippen LogP contribution in [0, 0.1) is 0 Å². The molecule has 2 heterocycles. The lowest BCUT2D eigenvalue weighted by Gasteiger charge is -2.08. The Balaban J connectivity index is 1.63. The molecule has 0 spiro atoms. The molecule has 1 aliphatic rings. The molecule has 1 saturated carbocycles. The predicted octanol–water partition coefficient (Wildman–Crippen LogP) is 2.90. The molecule has 0 aliphatic heterocycles. The van der Waals surface area contributed by atoms with E-state index in [9.17, 15) is 4.79 Å². The van der Waals surface area contributed by atoms with E-state index in [2.05, 4.69) is 25.8 Å². The number of tetrazole rings is 1. The molecule has 0 radical (unpaired) electrons. The third-order valence-electron chi connectivity index (χ3n) is 3.54. The second-order valence-electron chi connectivity index (χ2n) is 5.22. The van der Waals surface area contributed by atoms with Gasteiger partial charge in [0.1, 0.15) is 6.33 Å². The van der Waals surface area contributed by atoms with Crippen molar-refractivity contribution < 1.29 is 4.79 Å². The maximum Gasteiger partial charge on any atom is 0.259 e. The van der Waals surface area contributed by atoms with Crippen molar-refractivity contribution in [3.63, 3.8) is 0 Å². The van der Waals surface area contributed by atoms with Crippen molar-refractivity contribution in [1.29, 1.82) is 0 Å². The normalized spacial score (nSPS) is 14.0. The van der Waals surface area contributed by atoms with Gasteiger partial charge in [-0.15, -0.1) is 16.4 Å². The monoisotopic (exact) mass is 346 g/mol. The number of nitrogens with zero attached hydrogens (tertiary/aromatic N) is 5. The first kappa shape index (κ1) is 14.3. The summed E-state index contributed by atoms with van der Waals surface area (Å²) in [5.74, 6) is 0.259. The second-order valence-corrected chi connectivity index (χ2v) is 6.52. The van der Waals surface area contributed by atoms with Gasteiger partial charge in [-0.3, -0.25) is 10.1 Å². The average molecular weight is 347 g/mol. The lowest BCUT2D eigenvalue weighted by atomic mass is 10.1. The molecule has 1 fully saturated rings. The van der Waals surface area contributed by atoms with Crippen LogP contribution < -0.4 is 5.32 Å². The average Bonchev–Trinajstić information content (AvgIpc) is 3.06. The third kappa shape index (κ3) is 2.95. The van der Waals surface area contributed by atoms with Crippen LogP contribution in [0.1, 0.15) is 34.8 Å². The highest BCUT2D eigenvalue weighted by atomic mass is 35.5. The molecule has 1 aliphatic carbocycles. The summed E-state index contributed by atoms with van der Waals surface area (Å²) in [5.41, 5.74) is 1.99. The first-order valence-electron chi connectivity index (χ1n) is 7.00. The predicted molar refractivity (Wildman–Crippen MR) is 86.2 cm³/mol. The summed E-state index contributed by atoms with van der Waals surface area (Å²) >= 11 is 7.45. The number of carbonyl (C=O) groups excluding carboxylic acids is 1. The van der Waals surface area contributed by atoms with Gasteiger partial charge in [-0.2, -0.15) is 4.68 Å². The van der Waals surface area contributed by atoms with E-state index < -0.39 is 0 Å². The number of hydrogen-bond donors (Lipinski definition) is 1. The van der Waals surface area contributed by atoms with E-state index in [0.717, 1.165) is 5.69 Å². The van der Waals surface area contributed by atoms with Gasteiger partial charge in [0.15, 0.2) is 5.13 Å². The molecule has 4 rings (SSSR count). The number of nitrogens with one attached hydrogen (secondary N) is 1. The lowest BCUT2D eigenvalue weighted by Crippen LogP contribution is -2.15. The topological polar surface area (TPSA) is 85.6 Å². The van der Waals surface area contributed by atoms with Crippen molar-refractivity contribution in [1.82, 2.24) is 25.2 Å². The number of rotatable bonds is 4. The van der Waals surface area contributed by atoms with Gasteiger partial charge in [-0.05, 0) is 41.5 Å². The minimum atomic E-state index is -0.297. The molecule has 116 valence electrons. The number of carbonyl (C=O) groups is 1. The number of halogens is 1. The first-order valence-corrected chi connectivity index (χ1v) is 8.26. The Morgan fingerprint density at radius 2 is 2.26 bits per heavy atom. The van der Waals surface area contributed by atoms with Crippen molar-refractivity contribution in [2.75, 3.05) is 5.32 Å². The molecule has 9 heteroatoms. The van der Waals surface area contributed by atoms with E-state index in [1.54, 1.807) is 18.2 Å². The summed E-state index contributed by atoms with van der Waals surface area (Å²) in [4.78, 5) is 17.1. The van der Waals surface area contributed by atoms with Crippen LogP contribution in [0.25, 0.3) is 5.69 Å². The summed E-state index contributed by atoms with van der Waals surface area (Å²) in [6, 6.07) is 4.97. The Labute approximate surface area is 140 Å². The van der Waals surface area contributed by atoms with Crippen LogP contribution in [0.2, 0.25) is 5.02 Å². The quantitative estimate of drug-likeness (QED) is 0.785. The summed E-state index contributed by atoms with van der Waals surface area (Å²) in [6.45, 7) is 0. The fraction of sp³-hybridized carbons (Fsp3) is 0.214. The molecule has 23 heavy (non-hydrogen) atoms. The first-order chi connectivity index (χ1) is 11.2. The number of thiazole rings is 1. The Kier molecular flexibility index (Phi) is 3.55. The van der Waals surface area contributed by atoms with E-state index in [0.29, 0.717) is 27.3 Å². The molecule has 1 N–H and O–H groups in total. The van der Waals surface area contributed by atoms with Crippen LogP contribution in [0.15, 0.2) is 29.9 Å². The van der Waals surface area contributed by atoms with Gasteiger partial charge in [0.2, 0.25) is 0 Å². The van der Waals surface area contributed by atoms with E-state index in [4.69, 9.17) is 11.6 Å². The van der Waals surface area contributed by atoms with Crippen LogP contribution in [0.4, 0.5) is 5.13 Å². The van der Waals surface area contributed by atoms with E-state index in [1.165, 1.54) is 35.2 Å². The maximum absolute atomic E-state index is 12.6. The Bertz CT molecular complexity index is 858. The van der Waals surface area contributed by atoms with Crippen LogP contribution in [0.5, 0.6) is 0 Å². The molecule has 7 nitrogen and oxygen atoms in total. The molecule has 0 atom stereocenters. The minimum absolute atomic E-state index is 0.297. The third-order valence-corrected chi connectivity index (χ3v) is 4.55. The van der Waals surface area contributed by atoms with E-state index in [-0.39, 0.29) is 5.91 Å². The summed E-state index contributed by atoms with van der Waals surface area (Å²) in [7, 11) is 0. The SMILES string of the molecule is O=C(Nc1nc(C2CC2)cs1)c1cc(Cl)ccc1-n1cnnn1. The molecule has 0 saturated heterocycles. The maximum atomic E-state index is 12.6. The smallest absolute Gasteiger partial charge is 0.259 e. The molecular weight excluding hydrogens is 336 g/mol. The zero-order valence-electron chi connectivity index (χ0n) is 11.8. The van der Waals surface area contributed by atoms with Gasteiger partial charge >= 0.3 is 0 Å². The second kappa shape index (κ2) is 5.71. The van der Waals surface area contributed by atoms with Crippen molar-refractivity contribution >= 4 is 34.0 Å². The van der Waals surface area contributed by atoms with Gasteiger partial charge in [0.25, 0.3) is 5.91 Å². The number of benzene rings is 1. The zero-order valence-corrected chi connectivity index (χ0v) is 13.4. The summed E-state index contributed by atoms with van der Waals surface area (Å²) < 4.78 is 1.42. The number of amides is 1. The fourth-order valence-electron chi connectivity index (χ4n) is 2.24. The van der Waals surface area contributed by atoms with Gasteiger partial charge in [0.05, 0.1) is 16.9 Å². The fourth-order valence-corrected chi connectivity index (χ4v) is 3.20. The van der Waals surface area contributed by atoms with Crippen molar-refractivity contribution in [2.24, 2.45) is 0 Å². The molecule has 2 aromatic heterocycles.